The van der Waals surface area contributed by atoms with E-state index in [2.05, 4.69) is 20.5 Å². The molecule has 0 unspecified atom stereocenters. The summed E-state index contributed by atoms with van der Waals surface area (Å²) in [5.74, 6) is 0.789. The zero-order valence-electron chi connectivity index (χ0n) is 20.3. The van der Waals surface area contributed by atoms with Crippen LogP contribution in [-0.4, -0.2) is 54.6 Å². The second kappa shape index (κ2) is 10.3. The van der Waals surface area contributed by atoms with Gasteiger partial charge in [0.1, 0.15) is 11.0 Å². The third kappa shape index (κ3) is 5.26. The minimum absolute atomic E-state index is 0.0198. The van der Waals surface area contributed by atoms with Gasteiger partial charge in [-0.05, 0) is 61.6 Å². The van der Waals surface area contributed by atoms with Crippen LogP contribution in [0.4, 0.5) is 0 Å². The number of carbonyl (C=O) groups is 1. The fourth-order valence-corrected chi connectivity index (χ4v) is 4.94. The lowest BCUT2D eigenvalue weighted by Gasteiger charge is -2.20. The molecule has 3 aromatic heterocycles. The summed E-state index contributed by atoms with van der Waals surface area (Å²) >= 11 is 5.86. The number of halogens is 1. The molecule has 0 radical (unpaired) electrons. The van der Waals surface area contributed by atoms with Gasteiger partial charge >= 0.3 is 0 Å². The number of benzene rings is 1. The number of aromatic nitrogens is 4. The van der Waals surface area contributed by atoms with Crippen LogP contribution >= 0.6 is 11.6 Å². The van der Waals surface area contributed by atoms with Crippen molar-refractivity contribution in [3.05, 3.63) is 94.2 Å². The highest BCUT2D eigenvalue weighted by molar-refractivity contribution is 6.29. The fourth-order valence-electron chi connectivity index (χ4n) is 4.83. The summed E-state index contributed by atoms with van der Waals surface area (Å²) in [7, 11) is 1.81. The van der Waals surface area contributed by atoms with Crippen molar-refractivity contribution in [1.82, 2.24) is 29.8 Å². The molecule has 0 saturated carbocycles. The Hall–Kier alpha value is -3.33. The van der Waals surface area contributed by atoms with Crippen molar-refractivity contribution in [3.63, 3.8) is 0 Å². The monoisotopic (exact) mass is 504 g/mol. The molecule has 0 aliphatic carbocycles. The van der Waals surface area contributed by atoms with Crippen LogP contribution in [-0.2, 0) is 13.0 Å². The van der Waals surface area contributed by atoms with Gasteiger partial charge in [-0.15, -0.1) is 10.2 Å². The van der Waals surface area contributed by atoms with Crippen LogP contribution in [0, 0.1) is 6.92 Å². The molecule has 5 rings (SSSR count). The lowest BCUT2D eigenvalue weighted by atomic mass is 10.0. The van der Waals surface area contributed by atoms with Gasteiger partial charge < -0.3 is 15.3 Å². The lowest BCUT2D eigenvalue weighted by Crippen LogP contribution is -2.35. The highest BCUT2D eigenvalue weighted by Gasteiger charge is 2.30. The fraction of sp³-hybridized carbons (Fsp3) is 0.333. The summed E-state index contributed by atoms with van der Waals surface area (Å²) in [5, 5.41) is 22.9. The van der Waals surface area contributed by atoms with Crippen molar-refractivity contribution in [2.45, 2.75) is 50.9 Å². The molecule has 0 spiro atoms. The predicted molar refractivity (Wildman–Crippen MR) is 138 cm³/mol. The first-order valence-corrected chi connectivity index (χ1v) is 12.5. The van der Waals surface area contributed by atoms with Gasteiger partial charge in [0.15, 0.2) is 5.65 Å². The molecule has 8 nitrogen and oxygen atoms in total. The minimum Gasteiger partial charge on any atom is -0.387 e. The van der Waals surface area contributed by atoms with Gasteiger partial charge in [0, 0.05) is 49.2 Å². The van der Waals surface area contributed by atoms with E-state index in [1.807, 2.05) is 67.0 Å². The Bertz CT molecular complexity index is 1360. The molecule has 9 heteroatoms. The van der Waals surface area contributed by atoms with E-state index < -0.39 is 6.10 Å². The number of rotatable bonds is 7. The molecule has 1 fully saturated rings. The molecule has 0 bridgehead atoms. The number of pyridine rings is 2. The molecule has 4 aromatic rings. The van der Waals surface area contributed by atoms with Gasteiger partial charge in [0.2, 0.25) is 0 Å². The van der Waals surface area contributed by atoms with Crippen molar-refractivity contribution >= 4 is 23.2 Å². The number of fused-ring (bicyclic) bond motifs is 1. The number of aliphatic hydroxyl groups excluding tert-OH is 1. The van der Waals surface area contributed by atoms with E-state index in [1.165, 1.54) is 0 Å². The Morgan fingerprint density at radius 1 is 1.14 bits per heavy atom. The van der Waals surface area contributed by atoms with E-state index in [4.69, 9.17) is 11.6 Å². The molecule has 1 aromatic carbocycles. The Kier molecular flexibility index (Phi) is 7.00. The van der Waals surface area contributed by atoms with Crippen LogP contribution in [0.15, 0.2) is 60.9 Å². The number of nitrogens with zero attached hydrogens (tertiary/aromatic N) is 5. The maximum atomic E-state index is 13.0. The number of aliphatic hydroxyl groups is 1. The summed E-state index contributed by atoms with van der Waals surface area (Å²) in [6, 6.07) is 15.5. The molecule has 1 aliphatic rings. The molecule has 2 N–H and O–H groups in total. The average Bonchev–Trinajstić information content (AvgIpc) is 3.50. The predicted octanol–water partition coefficient (Wildman–Crippen LogP) is 3.76. The zero-order chi connectivity index (χ0) is 25.2. The standard InChI is InChI=1S/C27H29ClN6O2/c1-17-31-32-25-12-5-19(16-34(17)25)15-33(2)27(36)20-6-3-18(4-7-20)13-22-9-10-23(30-22)26(35)21-8-11-24(28)29-14-21/h3-8,11-12,14,16,22-23,26,30,35H,9-10,13,15H2,1-2H3/t22-,23+,26+/m0/s1. The Labute approximate surface area is 215 Å². The first-order chi connectivity index (χ1) is 17.4. The van der Waals surface area contributed by atoms with Crippen molar-refractivity contribution < 1.29 is 9.90 Å². The van der Waals surface area contributed by atoms with Crippen LogP contribution in [0.3, 0.4) is 0 Å². The number of amides is 1. The van der Waals surface area contributed by atoms with Gasteiger partial charge in [-0.1, -0.05) is 35.9 Å². The van der Waals surface area contributed by atoms with E-state index in [-0.39, 0.29) is 18.0 Å². The molecule has 186 valence electrons. The van der Waals surface area contributed by atoms with Crippen LogP contribution in [0.5, 0.6) is 0 Å². The first-order valence-electron chi connectivity index (χ1n) is 12.1. The molecular weight excluding hydrogens is 476 g/mol. The molecule has 1 saturated heterocycles. The van der Waals surface area contributed by atoms with Crippen LogP contribution < -0.4 is 5.32 Å². The maximum Gasteiger partial charge on any atom is 0.253 e. The minimum atomic E-state index is -0.620. The summed E-state index contributed by atoms with van der Waals surface area (Å²) in [5.41, 5.74) is 4.38. The molecule has 36 heavy (non-hydrogen) atoms. The third-order valence-electron chi connectivity index (χ3n) is 6.83. The average molecular weight is 505 g/mol. The smallest absolute Gasteiger partial charge is 0.253 e. The highest BCUT2D eigenvalue weighted by Crippen LogP contribution is 2.27. The molecule has 3 atom stereocenters. The third-order valence-corrected chi connectivity index (χ3v) is 7.06. The number of hydrogen-bond donors (Lipinski definition) is 2. The van der Waals surface area contributed by atoms with Crippen LogP contribution in [0.1, 0.15) is 51.8 Å². The van der Waals surface area contributed by atoms with Crippen LogP contribution in [0.2, 0.25) is 5.15 Å². The van der Waals surface area contributed by atoms with Gasteiger partial charge in [-0.25, -0.2) is 4.98 Å². The van der Waals surface area contributed by atoms with E-state index in [9.17, 15) is 9.90 Å². The van der Waals surface area contributed by atoms with E-state index in [0.717, 1.165) is 47.4 Å². The second-order valence-electron chi connectivity index (χ2n) is 9.48. The first kappa shape index (κ1) is 24.4. The summed E-state index contributed by atoms with van der Waals surface area (Å²) in [6.07, 6.45) is 5.68. The molecule has 1 amide bonds. The van der Waals surface area contributed by atoms with Gasteiger partial charge in [0.25, 0.3) is 5.91 Å². The largest absolute Gasteiger partial charge is 0.387 e. The van der Waals surface area contributed by atoms with Gasteiger partial charge in [0.05, 0.1) is 6.10 Å². The zero-order valence-corrected chi connectivity index (χ0v) is 21.1. The normalized spacial score (nSPS) is 18.4. The van der Waals surface area contributed by atoms with Crippen molar-refractivity contribution in [2.75, 3.05) is 7.05 Å². The number of hydrogen-bond acceptors (Lipinski definition) is 6. The molecule has 1 aliphatic heterocycles. The summed E-state index contributed by atoms with van der Waals surface area (Å²) in [6.45, 7) is 2.40. The second-order valence-corrected chi connectivity index (χ2v) is 9.87. The topological polar surface area (TPSA) is 95.7 Å². The SMILES string of the molecule is Cc1nnc2ccc(CN(C)C(=O)c3ccc(C[C@@H]4CC[C@H]([C@H](O)c5ccc(Cl)nc5)N4)cc3)cn12. The number of carbonyl (C=O) groups excluding carboxylic acids is 1. The number of aryl methyl sites for hydroxylation is 1. The molecule has 4 heterocycles. The highest BCUT2D eigenvalue weighted by atomic mass is 35.5. The van der Waals surface area contributed by atoms with E-state index in [0.29, 0.717) is 17.3 Å². The van der Waals surface area contributed by atoms with Crippen molar-refractivity contribution in [2.24, 2.45) is 0 Å². The van der Waals surface area contributed by atoms with E-state index >= 15 is 0 Å². The lowest BCUT2D eigenvalue weighted by molar-refractivity contribution is 0.0785. The van der Waals surface area contributed by atoms with Crippen molar-refractivity contribution in [1.29, 1.82) is 0 Å². The number of nitrogens with one attached hydrogen (secondary N) is 1. The van der Waals surface area contributed by atoms with E-state index in [1.54, 1.807) is 17.2 Å². The maximum absolute atomic E-state index is 13.0. The Balaban J connectivity index is 1.16. The van der Waals surface area contributed by atoms with Gasteiger partial charge in [-0.3, -0.25) is 9.20 Å². The molecular formula is C27H29ClN6O2. The summed E-state index contributed by atoms with van der Waals surface area (Å²) in [4.78, 5) is 18.8. The quantitative estimate of drug-likeness (QED) is 0.372. The Morgan fingerprint density at radius 2 is 1.92 bits per heavy atom. The Morgan fingerprint density at radius 3 is 2.67 bits per heavy atom. The van der Waals surface area contributed by atoms with Crippen molar-refractivity contribution in [3.8, 4) is 0 Å². The van der Waals surface area contributed by atoms with Gasteiger partial charge in [-0.2, -0.15) is 0 Å². The van der Waals surface area contributed by atoms with Crippen LogP contribution in [0.25, 0.3) is 5.65 Å². The summed E-state index contributed by atoms with van der Waals surface area (Å²) < 4.78 is 1.93.